The molecule has 2 heteroatoms. The number of carboxylic acid groups (broad SMARTS) is 1. The van der Waals surface area contributed by atoms with Crippen LogP contribution in [0, 0.1) is 13.8 Å². The lowest BCUT2D eigenvalue weighted by Gasteiger charge is -2.13. The highest BCUT2D eigenvalue weighted by atomic mass is 16.4. The van der Waals surface area contributed by atoms with Gasteiger partial charge in [0.05, 0.1) is 0 Å². The van der Waals surface area contributed by atoms with Crippen LogP contribution in [-0.2, 0) is 11.2 Å². The molecule has 4 rings (SSSR count). The summed E-state index contributed by atoms with van der Waals surface area (Å²) in [4.78, 5) is 10.5. The predicted octanol–water partition coefficient (Wildman–Crippen LogP) is 10.1. The van der Waals surface area contributed by atoms with Gasteiger partial charge in [-0.2, -0.15) is 0 Å². The number of aryl methyl sites for hydroxylation is 3. The molecule has 0 radical (unpaired) electrons. The van der Waals surface area contributed by atoms with Crippen molar-refractivity contribution in [1.29, 1.82) is 0 Å². The van der Waals surface area contributed by atoms with Gasteiger partial charge in [-0.1, -0.05) is 100 Å². The van der Waals surface area contributed by atoms with E-state index in [1.165, 1.54) is 107 Å². The molecule has 0 aliphatic rings. The Hall–Kier alpha value is -2.87. The first-order valence-electron chi connectivity index (χ1n) is 14.1. The van der Waals surface area contributed by atoms with Crippen LogP contribution in [0.2, 0.25) is 0 Å². The van der Waals surface area contributed by atoms with E-state index in [0.29, 0.717) is 6.42 Å². The zero-order chi connectivity index (χ0) is 25.3. The third kappa shape index (κ3) is 6.87. The summed E-state index contributed by atoms with van der Waals surface area (Å²) in [5, 5.41) is 16.9. The first-order chi connectivity index (χ1) is 17.5. The molecule has 0 spiro atoms. The van der Waals surface area contributed by atoms with Gasteiger partial charge in [-0.3, -0.25) is 4.79 Å². The minimum absolute atomic E-state index is 0.325. The van der Waals surface area contributed by atoms with Crippen molar-refractivity contribution in [2.75, 3.05) is 0 Å². The van der Waals surface area contributed by atoms with Gasteiger partial charge in [-0.15, -0.1) is 0 Å². The van der Waals surface area contributed by atoms with E-state index in [9.17, 15) is 4.79 Å². The second-order valence-electron chi connectivity index (χ2n) is 10.7. The van der Waals surface area contributed by atoms with Crippen LogP contribution < -0.4 is 0 Å². The summed E-state index contributed by atoms with van der Waals surface area (Å²) >= 11 is 0. The Kier molecular flexibility index (Phi) is 9.39. The Morgan fingerprint density at radius 2 is 1.11 bits per heavy atom. The Morgan fingerprint density at radius 3 is 1.72 bits per heavy atom. The standard InChI is InChI=1S/C34H42O2/c1-25-20-28-23-30-22-27(16-12-10-8-6-4-3-5-7-9-11-13-19-34(35)36)31-17-14-15-18-32(31)33(30)24-29(28)21-26(25)2/h14-15,17-18,20-24H,3-13,16,19H2,1-2H3,(H,35,36). The van der Waals surface area contributed by atoms with Crippen LogP contribution in [0.15, 0.2) is 54.6 Å². The number of aliphatic carboxylic acids is 1. The number of hydrogen-bond acceptors (Lipinski definition) is 1. The Labute approximate surface area is 216 Å². The van der Waals surface area contributed by atoms with Crippen molar-refractivity contribution in [2.24, 2.45) is 0 Å². The maximum absolute atomic E-state index is 10.5. The molecule has 0 amide bonds. The van der Waals surface area contributed by atoms with Crippen LogP contribution in [-0.4, -0.2) is 11.1 Å². The highest BCUT2D eigenvalue weighted by Crippen LogP contribution is 2.33. The molecule has 0 aliphatic heterocycles. The predicted molar refractivity (Wildman–Crippen MR) is 155 cm³/mol. The number of rotatable bonds is 14. The molecular weight excluding hydrogens is 440 g/mol. The first-order valence-corrected chi connectivity index (χ1v) is 14.1. The zero-order valence-electron chi connectivity index (χ0n) is 22.2. The SMILES string of the molecule is Cc1cc2cc3cc(CCCCCCCCCCCCCC(=O)O)c4ccccc4c3cc2cc1C. The minimum atomic E-state index is -0.664. The van der Waals surface area contributed by atoms with E-state index < -0.39 is 5.97 Å². The lowest BCUT2D eigenvalue weighted by Crippen LogP contribution is -1.93. The maximum Gasteiger partial charge on any atom is 0.303 e. The second-order valence-corrected chi connectivity index (χ2v) is 10.7. The Balaban J connectivity index is 1.28. The van der Waals surface area contributed by atoms with E-state index >= 15 is 0 Å². The van der Waals surface area contributed by atoms with Gasteiger partial charge in [0.1, 0.15) is 0 Å². The fourth-order valence-corrected chi connectivity index (χ4v) is 5.60. The number of carboxylic acids is 1. The molecule has 36 heavy (non-hydrogen) atoms. The van der Waals surface area contributed by atoms with E-state index in [-0.39, 0.29) is 0 Å². The van der Waals surface area contributed by atoms with E-state index in [1.807, 2.05) is 0 Å². The lowest BCUT2D eigenvalue weighted by molar-refractivity contribution is -0.137. The third-order valence-corrected chi connectivity index (χ3v) is 7.85. The smallest absolute Gasteiger partial charge is 0.303 e. The van der Waals surface area contributed by atoms with Crippen LogP contribution in [0.4, 0.5) is 0 Å². The summed E-state index contributed by atoms with van der Waals surface area (Å²) in [6, 6.07) is 20.8. The largest absolute Gasteiger partial charge is 0.481 e. The van der Waals surface area contributed by atoms with Crippen molar-refractivity contribution < 1.29 is 9.90 Å². The van der Waals surface area contributed by atoms with E-state index in [2.05, 4.69) is 68.4 Å². The number of hydrogen-bond donors (Lipinski definition) is 1. The second kappa shape index (κ2) is 12.9. The average molecular weight is 483 g/mol. The molecule has 190 valence electrons. The molecule has 0 aliphatic carbocycles. The van der Waals surface area contributed by atoms with Crippen LogP contribution in [0.25, 0.3) is 32.3 Å². The van der Waals surface area contributed by atoms with Gasteiger partial charge in [-0.25, -0.2) is 0 Å². The van der Waals surface area contributed by atoms with Gasteiger partial charge in [0.2, 0.25) is 0 Å². The molecule has 0 bridgehead atoms. The topological polar surface area (TPSA) is 37.3 Å². The Morgan fingerprint density at radius 1 is 0.583 bits per heavy atom. The maximum atomic E-state index is 10.5. The molecule has 1 N–H and O–H groups in total. The van der Waals surface area contributed by atoms with Gasteiger partial charge in [0.25, 0.3) is 0 Å². The van der Waals surface area contributed by atoms with Crippen molar-refractivity contribution in [3.63, 3.8) is 0 Å². The number of unbranched alkanes of at least 4 members (excludes halogenated alkanes) is 10. The molecule has 0 heterocycles. The highest BCUT2D eigenvalue weighted by Gasteiger charge is 2.09. The first kappa shape index (κ1) is 26.2. The Bertz CT molecular complexity index is 1320. The van der Waals surface area contributed by atoms with Crippen LogP contribution >= 0.6 is 0 Å². The molecule has 4 aromatic rings. The minimum Gasteiger partial charge on any atom is -0.481 e. The summed E-state index contributed by atoms with van der Waals surface area (Å²) in [6.07, 6.45) is 15.0. The fourth-order valence-electron chi connectivity index (χ4n) is 5.60. The average Bonchev–Trinajstić information content (AvgIpc) is 2.86. The van der Waals surface area contributed by atoms with E-state index in [1.54, 1.807) is 0 Å². The molecule has 0 fully saturated rings. The van der Waals surface area contributed by atoms with Gasteiger partial charge in [0, 0.05) is 6.42 Å². The van der Waals surface area contributed by atoms with Crippen molar-refractivity contribution >= 4 is 38.3 Å². The van der Waals surface area contributed by atoms with E-state index in [4.69, 9.17) is 5.11 Å². The van der Waals surface area contributed by atoms with Crippen molar-refractivity contribution in [2.45, 2.75) is 97.3 Å². The monoisotopic (exact) mass is 482 g/mol. The highest BCUT2D eigenvalue weighted by molar-refractivity contribution is 6.13. The van der Waals surface area contributed by atoms with Gasteiger partial charge in [-0.05, 0) is 94.3 Å². The molecular formula is C34H42O2. The summed E-state index contributed by atoms with van der Waals surface area (Å²) in [5.41, 5.74) is 4.21. The molecule has 0 saturated carbocycles. The fraction of sp³-hybridized carbons (Fsp3) is 0.441. The van der Waals surface area contributed by atoms with Crippen molar-refractivity contribution in [3.8, 4) is 0 Å². The van der Waals surface area contributed by atoms with E-state index in [0.717, 1.165) is 19.3 Å². The zero-order valence-corrected chi connectivity index (χ0v) is 22.2. The third-order valence-electron chi connectivity index (χ3n) is 7.85. The van der Waals surface area contributed by atoms with Gasteiger partial charge < -0.3 is 5.11 Å². The molecule has 4 aromatic carbocycles. The number of carbonyl (C=O) groups is 1. The molecule has 0 saturated heterocycles. The van der Waals surface area contributed by atoms with Crippen LogP contribution in [0.5, 0.6) is 0 Å². The summed E-state index contributed by atoms with van der Waals surface area (Å²) < 4.78 is 0. The summed E-state index contributed by atoms with van der Waals surface area (Å²) in [6.45, 7) is 4.41. The normalized spacial score (nSPS) is 11.6. The molecule has 0 unspecified atom stereocenters. The summed E-state index contributed by atoms with van der Waals surface area (Å²) in [5.74, 6) is -0.664. The summed E-state index contributed by atoms with van der Waals surface area (Å²) in [7, 11) is 0. The lowest BCUT2D eigenvalue weighted by atomic mass is 9.91. The molecule has 0 aromatic heterocycles. The van der Waals surface area contributed by atoms with Crippen molar-refractivity contribution in [1.82, 2.24) is 0 Å². The number of fused-ring (bicyclic) bond motifs is 4. The van der Waals surface area contributed by atoms with Crippen molar-refractivity contribution in [3.05, 3.63) is 71.3 Å². The van der Waals surface area contributed by atoms with Crippen LogP contribution in [0.3, 0.4) is 0 Å². The molecule has 0 atom stereocenters. The van der Waals surface area contributed by atoms with Gasteiger partial charge in [0.15, 0.2) is 0 Å². The van der Waals surface area contributed by atoms with Crippen LogP contribution in [0.1, 0.15) is 93.7 Å². The van der Waals surface area contributed by atoms with Gasteiger partial charge >= 0.3 is 5.97 Å². The number of benzene rings is 4. The molecule has 2 nitrogen and oxygen atoms in total. The quantitative estimate of drug-likeness (QED) is 0.110.